The Balaban J connectivity index is 2.17. The van der Waals surface area contributed by atoms with Gasteiger partial charge >= 0.3 is 0 Å². The van der Waals surface area contributed by atoms with Gasteiger partial charge < -0.3 is 15.3 Å². The molecule has 1 aromatic rings. The molecule has 0 aromatic carbocycles. The van der Waals surface area contributed by atoms with E-state index in [1.807, 2.05) is 0 Å². The Hall–Kier alpha value is -1.33. The molecule has 0 radical (unpaired) electrons. The molecule has 0 bridgehead atoms. The highest BCUT2D eigenvalue weighted by molar-refractivity contribution is 6.33. The van der Waals surface area contributed by atoms with Crippen molar-refractivity contribution < 1.29 is 9.90 Å². The maximum atomic E-state index is 12.3. The molecule has 0 aliphatic carbocycles. The quantitative estimate of drug-likeness (QED) is 0.851. The summed E-state index contributed by atoms with van der Waals surface area (Å²) in [6, 6.07) is 1.65. The van der Waals surface area contributed by atoms with Crippen molar-refractivity contribution in [2.45, 2.75) is 18.9 Å². The summed E-state index contributed by atoms with van der Waals surface area (Å²) < 4.78 is 0. The first-order valence-corrected chi connectivity index (χ1v) is 6.30. The largest absolute Gasteiger partial charge is 0.393 e. The molecule has 6 heteroatoms. The monoisotopic (exact) mass is 269 g/mol. The van der Waals surface area contributed by atoms with Crippen LogP contribution in [0.3, 0.4) is 0 Å². The number of amides is 1. The number of aliphatic hydroxyl groups excluding tert-OH is 1. The predicted molar refractivity (Wildman–Crippen MR) is 69.9 cm³/mol. The number of carbonyl (C=O) groups excluding carboxylic acids is 1. The van der Waals surface area contributed by atoms with Crippen LogP contribution in [0.2, 0.25) is 5.02 Å². The van der Waals surface area contributed by atoms with Gasteiger partial charge in [0.1, 0.15) is 5.82 Å². The fourth-order valence-corrected chi connectivity index (χ4v) is 2.16. The second-order valence-electron chi connectivity index (χ2n) is 4.32. The second-order valence-corrected chi connectivity index (χ2v) is 4.73. The average molecular weight is 270 g/mol. The number of piperidine rings is 1. The SMILES string of the molecule is CNc1cc(C(=O)N2CCC(O)CC2)c(Cl)cn1. The first kappa shape index (κ1) is 13.1. The Kier molecular flexibility index (Phi) is 4.04. The normalized spacial score (nSPS) is 16.7. The number of hydrogen-bond acceptors (Lipinski definition) is 4. The number of aliphatic hydroxyl groups is 1. The highest BCUT2D eigenvalue weighted by atomic mass is 35.5. The minimum Gasteiger partial charge on any atom is -0.393 e. The number of nitrogens with one attached hydrogen (secondary N) is 1. The van der Waals surface area contributed by atoms with Crippen LogP contribution in [0.5, 0.6) is 0 Å². The summed E-state index contributed by atoms with van der Waals surface area (Å²) in [5, 5.41) is 12.7. The highest BCUT2D eigenvalue weighted by Crippen LogP contribution is 2.21. The zero-order valence-electron chi connectivity index (χ0n) is 10.2. The molecule has 18 heavy (non-hydrogen) atoms. The minimum atomic E-state index is -0.296. The van der Waals surface area contributed by atoms with Crippen LogP contribution in [-0.4, -0.2) is 47.1 Å². The summed E-state index contributed by atoms with van der Waals surface area (Å²) in [5.41, 5.74) is 0.451. The molecule has 98 valence electrons. The molecule has 1 amide bonds. The molecule has 0 saturated carbocycles. The second kappa shape index (κ2) is 5.54. The number of hydrogen-bond donors (Lipinski definition) is 2. The molecule has 0 unspecified atom stereocenters. The summed E-state index contributed by atoms with van der Waals surface area (Å²) in [6.07, 6.45) is 2.41. The van der Waals surface area contributed by atoms with Crippen LogP contribution < -0.4 is 5.32 Å². The Morgan fingerprint density at radius 3 is 2.83 bits per heavy atom. The van der Waals surface area contributed by atoms with E-state index >= 15 is 0 Å². The maximum absolute atomic E-state index is 12.3. The fraction of sp³-hybridized carbons (Fsp3) is 0.500. The van der Waals surface area contributed by atoms with Crippen LogP contribution in [0, 0.1) is 0 Å². The molecule has 1 fully saturated rings. The fourth-order valence-electron chi connectivity index (χ4n) is 1.98. The van der Waals surface area contributed by atoms with Crippen molar-refractivity contribution in [3.63, 3.8) is 0 Å². The van der Waals surface area contributed by atoms with Gasteiger partial charge in [-0.2, -0.15) is 0 Å². The molecule has 1 aliphatic rings. The maximum Gasteiger partial charge on any atom is 0.255 e. The van der Waals surface area contributed by atoms with Gasteiger partial charge in [0.05, 0.1) is 16.7 Å². The van der Waals surface area contributed by atoms with Gasteiger partial charge in [-0.3, -0.25) is 4.79 Å². The standard InChI is InChI=1S/C12H16ClN3O2/c1-14-11-6-9(10(13)7-15-11)12(18)16-4-2-8(17)3-5-16/h6-8,17H,2-5H2,1H3,(H,14,15). The van der Waals surface area contributed by atoms with E-state index in [0.29, 0.717) is 42.3 Å². The van der Waals surface area contributed by atoms with Gasteiger partial charge in [0.25, 0.3) is 5.91 Å². The first-order valence-electron chi connectivity index (χ1n) is 5.92. The van der Waals surface area contributed by atoms with E-state index in [2.05, 4.69) is 10.3 Å². The average Bonchev–Trinajstić information content (AvgIpc) is 2.39. The Morgan fingerprint density at radius 1 is 1.56 bits per heavy atom. The van der Waals surface area contributed by atoms with Crippen molar-refractivity contribution in [3.8, 4) is 0 Å². The van der Waals surface area contributed by atoms with Crippen LogP contribution in [0.25, 0.3) is 0 Å². The van der Waals surface area contributed by atoms with Gasteiger partial charge in [-0.25, -0.2) is 4.98 Å². The van der Waals surface area contributed by atoms with Crippen LogP contribution in [0.4, 0.5) is 5.82 Å². The van der Waals surface area contributed by atoms with Gasteiger partial charge in [-0.1, -0.05) is 11.6 Å². The van der Waals surface area contributed by atoms with E-state index in [1.165, 1.54) is 6.20 Å². The third-order valence-electron chi connectivity index (χ3n) is 3.09. The van der Waals surface area contributed by atoms with Crippen LogP contribution >= 0.6 is 11.6 Å². The molecule has 1 aliphatic heterocycles. The summed E-state index contributed by atoms with van der Waals surface area (Å²) in [4.78, 5) is 18.1. The van der Waals surface area contributed by atoms with Crippen molar-refractivity contribution in [2.75, 3.05) is 25.5 Å². The minimum absolute atomic E-state index is 0.106. The van der Waals surface area contributed by atoms with Crippen molar-refractivity contribution in [2.24, 2.45) is 0 Å². The zero-order valence-corrected chi connectivity index (χ0v) is 10.9. The molecule has 1 saturated heterocycles. The number of anilines is 1. The summed E-state index contributed by atoms with van der Waals surface area (Å²) in [6.45, 7) is 1.13. The molecule has 2 rings (SSSR count). The summed E-state index contributed by atoms with van der Waals surface area (Å²) >= 11 is 6.01. The zero-order chi connectivity index (χ0) is 13.1. The third-order valence-corrected chi connectivity index (χ3v) is 3.39. The molecule has 0 atom stereocenters. The molecule has 2 heterocycles. The molecule has 2 N–H and O–H groups in total. The molecule has 0 spiro atoms. The number of pyridine rings is 1. The van der Waals surface area contributed by atoms with E-state index < -0.39 is 0 Å². The number of likely N-dealkylation sites (tertiary alicyclic amines) is 1. The van der Waals surface area contributed by atoms with Gasteiger partial charge in [-0.15, -0.1) is 0 Å². The summed E-state index contributed by atoms with van der Waals surface area (Å²) in [7, 11) is 1.74. The van der Waals surface area contributed by atoms with E-state index in [4.69, 9.17) is 11.6 Å². The lowest BCUT2D eigenvalue weighted by molar-refractivity contribution is 0.0546. The van der Waals surface area contributed by atoms with Crippen molar-refractivity contribution >= 4 is 23.3 Å². The van der Waals surface area contributed by atoms with Gasteiger partial charge in [-0.05, 0) is 18.9 Å². The van der Waals surface area contributed by atoms with Gasteiger partial charge in [0.2, 0.25) is 0 Å². The third kappa shape index (κ3) is 2.73. The van der Waals surface area contributed by atoms with E-state index in [9.17, 15) is 9.90 Å². The molecule has 1 aromatic heterocycles. The Bertz CT molecular complexity index is 445. The van der Waals surface area contributed by atoms with Crippen molar-refractivity contribution in [1.29, 1.82) is 0 Å². The number of rotatable bonds is 2. The lowest BCUT2D eigenvalue weighted by Crippen LogP contribution is -2.40. The number of aromatic nitrogens is 1. The summed E-state index contributed by atoms with van der Waals surface area (Å²) in [5.74, 6) is 0.505. The predicted octanol–water partition coefficient (Wildman–Crippen LogP) is 1.37. The van der Waals surface area contributed by atoms with Crippen LogP contribution in [0.15, 0.2) is 12.3 Å². The molecular weight excluding hydrogens is 254 g/mol. The lowest BCUT2D eigenvalue weighted by atomic mass is 10.1. The number of nitrogens with zero attached hydrogens (tertiary/aromatic N) is 2. The van der Waals surface area contributed by atoms with Crippen molar-refractivity contribution in [3.05, 3.63) is 22.8 Å². The van der Waals surface area contributed by atoms with Crippen molar-refractivity contribution in [1.82, 2.24) is 9.88 Å². The van der Waals surface area contributed by atoms with Gasteiger partial charge in [0, 0.05) is 26.3 Å². The number of carbonyl (C=O) groups is 1. The lowest BCUT2D eigenvalue weighted by Gasteiger charge is -2.29. The van der Waals surface area contributed by atoms with Gasteiger partial charge in [0.15, 0.2) is 0 Å². The Morgan fingerprint density at radius 2 is 2.22 bits per heavy atom. The van der Waals surface area contributed by atoms with E-state index in [-0.39, 0.29) is 12.0 Å². The topological polar surface area (TPSA) is 65.5 Å². The smallest absolute Gasteiger partial charge is 0.255 e. The number of halogens is 1. The van der Waals surface area contributed by atoms with Crippen LogP contribution in [0.1, 0.15) is 23.2 Å². The molecular formula is C12H16ClN3O2. The molecule has 5 nitrogen and oxygen atoms in total. The Labute approximate surface area is 111 Å². The first-order chi connectivity index (χ1) is 8.61. The van der Waals surface area contributed by atoms with Crippen LogP contribution in [-0.2, 0) is 0 Å². The highest BCUT2D eigenvalue weighted by Gasteiger charge is 2.24. The van der Waals surface area contributed by atoms with E-state index in [1.54, 1.807) is 18.0 Å². The van der Waals surface area contributed by atoms with E-state index in [0.717, 1.165) is 0 Å².